The van der Waals surface area contributed by atoms with Crippen molar-refractivity contribution >= 4 is 18.0 Å². The van der Waals surface area contributed by atoms with Gasteiger partial charge in [0, 0.05) is 13.1 Å². The molecule has 0 bridgehead atoms. The number of nitrogens with zero attached hydrogens (tertiary/aromatic N) is 1. The predicted molar refractivity (Wildman–Crippen MR) is 93.6 cm³/mol. The molecule has 1 aliphatic heterocycles. The summed E-state index contributed by atoms with van der Waals surface area (Å²) in [5.41, 5.74) is 0.252. The number of alkyl carbamates (subject to hydrolysis) is 1. The van der Waals surface area contributed by atoms with E-state index in [1.165, 1.54) is 32.4 Å². The van der Waals surface area contributed by atoms with Gasteiger partial charge in [-0.15, -0.1) is 0 Å². The van der Waals surface area contributed by atoms with Crippen molar-refractivity contribution in [1.82, 2.24) is 10.2 Å². The van der Waals surface area contributed by atoms with Gasteiger partial charge in [-0.2, -0.15) is 0 Å². The molecule has 1 rings (SSSR count). The maximum Gasteiger partial charge on any atom is 0.414 e. The third-order valence-electron chi connectivity index (χ3n) is 3.63. The first-order valence-electron chi connectivity index (χ1n) is 8.71. The number of carbonyl (C=O) groups is 3. The Bertz CT molecular complexity index is 402. The molecule has 0 aromatic heterocycles. The monoisotopic (exact) mass is 360 g/mol. The first-order valence-corrected chi connectivity index (χ1v) is 8.71. The maximum atomic E-state index is 11.4. The number of likely N-dealkylation sites (tertiary alicyclic amines) is 1. The van der Waals surface area contributed by atoms with Crippen LogP contribution in [0.5, 0.6) is 0 Å². The number of rotatable bonds is 6. The van der Waals surface area contributed by atoms with Crippen LogP contribution in [0.4, 0.5) is 4.79 Å². The van der Waals surface area contributed by atoms with Gasteiger partial charge in [-0.1, -0.05) is 27.2 Å². The lowest BCUT2D eigenvalue weighted by Gasteiger charge is -2.26. The van der Waals surface area contributed by atoms with Crippen LogP contribution >= 0.6 is 0 Å². The number of carboxylic acid groups (broad SMARTS) is 2. The molecular weight excluding hydrogens is 328 g/mol. The van der Waals surface area contributed by atoms with E-state index in [9.17, 15) is 4.79 Å². The van der Waals surface area contributed by atoms with Crippen molar-refractivity contribution in [2.45, 2.75) is 52.9 Å². The second-order valence-electron chi connectivity index (χ2n) is 7.24. The van der Waals surface area contributed by atoms with Crippen LogP contribution in [0.25, 0.3) is 0 Å². The fourth-order valence-corrected chi connectivity index (χ4v) is 2.23. The summed E-state index contributed by atoms with van der Waals surface area (Å²) in [5, 5.41) is 17.6. The molecule has 25 heavy (non-hydrogen) atoms. The average Bonchev–Trinajstić information content (AvgIpc) is 2.52. The summed E-state index contributed by atoms with van der Waals surface area (Å²) in [4.78, 5) is 32.1. The van der Waals surface area contributed by atoms with Gasteiger partial charge in [0.15, 0.2) is 0 Å². The van der Waals surface area contributed by atoms with E-state index in [-0.39, 0.29) is 11.5 Å². The van der Waals surface area contributed by atoms with Crippen molar-refractivity contribution in [3.05, 3.63) is 0 Å². The van der Waals surface area contributed by atoms with Crippen LogP contribution in [-0.2, 0) is 14.3 Å². The molecule has 0 aromatic rings. The van der Waals surface area contributed by atoms with E-state index < -0.39 is 11.9 Å². The highest BCUT2D eigenvalue weighted by atomic mass is 16.5. The Hall–Kier alpha value is -1.83. The minimum Gasteiger partial charge on any atom is -0.473 e. The van der Waals surface area contributed by atoms with Crippen molar-refractivity contribution < 1.29 is 29.3 Å². The zero-order valence-corrected chi connectivity index (χ0v) is 15.5. The van der Waals surface area contributed by atoms with Gasteiger partial charge in [0.2, 0.25) is 0 Å². The van der Waals surface area contributed by atoms with Crippen LogP contribution in [0.3, 0.4) is 0 Å². The molecule has 0 spiro atoms. The Kier molecular flexibility index (Phi) is 11.6. The van der Waals surface area contributed by atoms with Crippen molar-refractivity contribution in [1.29, 1.82) is 0 Å². The van der Waals surface area contributed by atoms with Gasteiger partial charge >= 0.3 is 18.0 Å². The summed E-state index contributed by atoms with van der Waals surface area (Å²) in [6.45, 7) is 11.2. The smallest absolute Gasteiger partial charge is 0.414 e. The van der Waals surface area contributed by atoms with E-state index in [1.807, 2.05) is 0 Å². The number of hydrogen-bond acceptors (Lipinski definition) is 5. The molecule has 0 atom stereocenters. The molecule has 1 saturated heterocycles. The molecule has 8 nitrogen and oxygen atoms in total. The van der Waals surface area contributed by atoms with Gasteiger partial charge in [0.25, 0.3) is 0 Å². The highest BCUT2D eigenvalue weighted by Crippen LogP contribution is 2.16. The van der Waals surface area contributed by atoms with Crippen LogP contribution in [0.2, 0.25) is 0 Å². The number of piperidine rings is 1. The van der Waals surface area contributed by atoms with Gasteiger partial charge < -0.3 is 25.2 Å². The van der Waals surface area contributed by atoms with E-state index in [2.05, 4.69) is 31.0 Å². The van der Waals surface area contributed by atoms with Crippen molar-refractivity contribution in [3.63, 3.8) is 0 Å². The molecule has 0 aliphatic carbocycles. The standard InChI is InChI=1S/C15H30N2O2.C2H2O4/c1-15(2,3)8-9-16-14(18)19-13-7-12-17-10-5-4-6-11-17;3-1(4)2(5)6/h4-13H2,1-3H3,(H,16,18);(H,3,4)(H,5,6). The summed E-state index contributed by atoms with van der Waals surface area (Å²) in [6.07, 6.45) is 5.62. The molecule has 0 unspecified atom stereocenters. The molecular formula is C17H32N2O6. The van der Waals surface area contributed by atoms with Crippen LogP contribution in [0.15, 0.2) is 0 Å². The van der Waals surface area contributed by atoms with E-state index in [0.29, 0.717) is 13.2 Å². The topological polar surface area (TPSA) is 116 Å². The molecule has 146 valence electrons. The van der Waals surface area contributed by atoms with Crippen LogP contribution in [-0.4, -0.2) is 65.9 Å². The third kappa shape index (κ3) is 15.4. The Morgan fingerprint density at radius 2 is 1.60 bits per heavy atom. The van der Waals surface area contributed by atoms with Gasteiger partial charge in [-0.25, -0.2) is 14.4 Å². The first kappa shape index (κ1) is 23.2. The minimum absolute atomic E-state index is 0.252. The first-order chi connectivity index (χ1) is 11.6. The summed E-state index contributed by atoms with van der Waals surface area (Å²) in [6, 6.07) is 0. The average molecular weight is 360 g/mol. The SMILES string of the molecule is CC(C)(C)CCNC(=O)OCCCN1CCCCC1.O=C(O)C(=O)O. The van der Waals surface area contributed by atoms with Gasteiger partial charge in [-0.05, 0) is 44.2 Å². The molecule has 0 saturated carbocycles. The Morgan fingerprint density at radius 3 is 2.08 bits per heavy atom. The zero-order valence-electron chi connectivity index (χ0n) is 15.5. The number of hydrogen-bond donors (Lipinski definition) is 3. The van der Waals surface area contributed by atoms with Crippen molar-refractivity contribution in [2.24, 2.45) is 5.41 Å². The van der Waals surface area contributed by atoms with Crippen molar-refractivity contribution in [2.75, 3.05) is 32.8 Å². The number of carbonyl (C=O) groups excluding carboxylic acids is 1. The van der Waals surface area contributed by atoms with Gasteiger partial charge in [-0.3, -0.25) is 0 Å². The summed E-state index contributed by atoms with van der Waals surface area (Å²) in [5.74, 6) is -3.65. The third-order valence-corrected chi connectivity index (χ3v) is 3.63. The number of aliphatic carboxylic acids is 2. The minimum atomic E-state index is -1.82. The van der Waals surface area contributed by atoms with Crippen molar-refractivity contribution in [3.8, 4) is 0 Å². The number of ether oxygens (including phenoxy) is 1. The van der Waals surface area contributed by atoms with E-state index >= 15 is 0 Å². The largest absolute Gasteiger partial charge is 0.473 e. The summed E-state index contributed by atoms with van der Waals surface area (Å²) < 4.78 is 5.17. The fraction of sp³-hybridized carbons (Fsp3) is 0.824. The molecule has 1 aliphatic rings. The Labute approximate surface area is 149 Å². The number of amides is 1. The predicted octanol–water partition coefficient (Wildman–Crippen LogP) is 2.18. The maximum absolute atomic E-state index is 11.4. The van der Waals surface area contributed by atoms with Gasteiger partial charge in [0.05, 0.1) is 6.61 Å². The second-order valence-corrected chi connectivity index (χ2v) is 7.24. The molecule has 1 heterocycles. The van der Waals surface area contributed by atoms with Crippen LogP contribution in [0, 0.1) is 5.41 Å². The second kappa shape index (κ2) is 12.5. The molecule has 3 N–H and O–H groups in total. The molecule has 1 amide bonds. The lowest BCUT2D eigenvalue weighted by atomic mass is 9.92. The normalized spacial score (nSPS) is 14.8. The summed E-state index contributed by atoms with van der Waals surface area (Å²) in [7, 11) is 0. The van der Waals surface area contributed by atoms with E-state index in [4.69, 9.17) is 24.5 Å². The van der Waals surface area contributed by atoms with E-state index in [0.717, 1.165) is 19.4 Å². The highest BCUT2D eigenvalue weighted by molar-refractivity contribution is 6.27. The quantitative estimate of drug-likeness (QED) is 0.491. The molecule has 0 radical (unpaired) electrons. The summed E-state index contributed by atoms with van der Waals surface area (Å²) >= 11 is 0. The fourth-order valence-electron chi connectivity index (χ4n) is 2.23. The Balaban J connectivity index is 0.000000823. The number of carboxylic acids is 2. The lowest BCUT2D eigenvalue weighted by Crippen LogP contribution is -2.32. The molecule has 8 heteroatoms. The van der Waals surface area contributed by atoms with Gasteiger partial charge in [0.1, 0.15) is 0 Å². The molecule has 1 fully saturated rings. The van der Waals surface area contributed by atoms with Crippen LogP contribution in [0.1, 0.15) is 52.9 Å². The number of nitrogens with one attached hydrogen (secondary N) is 1. The lowest BCUT2D eigenvalue weighted by molar-refractivity contribution is -0.159. The highest BCUT2D eigenvalue weighted by Gasteiger charge is 2.11. The molecule has 0 aromatic carbocycles. The zero-order chi connectivity index (χ0) is 19.3. The van der Waals surface area contributed by atoms with E-state index in [1.54, 1.807) is 0 Å². The Morgan fingerprint density at radius 1 is 1.04 bits per heavy atom. The van der Waals surface area contributed by atoms with Crippen LogP contribution < -0.4 is 5.32 Å².